The Hall–Kier alpha value is -1.78. The van der Waals surface area contributed by atoms with Crippen molar-refractivity contribution in [2.45, 2.75) is 38.6 Å². The number of nitrogens with one attached hydrogen (secondary N) is 1. The number of carboxylic acids is 1. The summed E-state index contributed by atoms with van der Waals surface area (Å²) in [6, 6.07) is 1.36. The summed E-state index contributed by atoms with van der Waals surface area (Å²) in [5.41, 5.74) is 0.508. The Bertz CT molecular complexity index is 452. The van der Waals surface area contributed by atoms with Crippen molar-refractivity contribution >= 4 is 11.9 Å². The van der Waals surface area contributed by atoms with Gasteiger partial charge < -0.3 is 14.8 Å². The summed E-state index contributed by atoms with van der Waals surface area (Å²) in [4.78, 5) is 23.1. The summed E-state index contributed by atoms with van der Waals surface area (Å²) in [6.07, 6.45) is 4.32. The van der Waals surface area contributed by atoms with Crippen LogP contribution in [-0.4, -0.2) is 23.0 Å². The Morgan fingerprint density at radius 2 is 2.28 bits per heavy atom. The second-order valence-electron chi connectivity index (χ2n) is 4.57. The minimum Gasteiger partial charge on any atom is -0.481 e. The number of hydrogen-bond donors (Lipinski definition) is 2. The number of carbonyl (C=O) groups is 2. The molecular formula is C13H17NO4. The molecule has 0 spiro atoms. The van der Waals surface area contributed by atoms with Crippen LogP contribution in [0.4, 0.5) is 0 Å². The lowest BCUT2D eigenvalue weighted by molar-refractivity contribution is -0.142. The lowest BCUT2D eigenvalue weighted by atomic mass is 10.0. The van der Waals surface area contributed by atoms with Gasteiger partial charge >= 0.3 is 5.97 Å². The standard InChI is InChI=1S/C13H17NO4/c1-2-11-9(6-7-18-11)12(15)14-10-5-3-4-8(10)13(16)17/h6-8,10H,2-5H2,1H3,(H,14,15)(H,16,17). The maximum atomic E-state index is 12.0. The molecule has 2 N–H and O–H groups in total. The molecule has 2 rings (SSSR count). The van der Waals surface area contributed by atoms with Crippen molar-refractivity contribution in [3.05, 3.63) is 23.7 Å². The van der Waals surface area contributed by atoms with Crippen LogP contribution in [0.1, 0.15) is 42.3 Å². The van der Waals surface area contributed by atoms with Gasteiger partial charge in [-0.05, 0) is 18.9 Å². The van der Waals surface area contributed by atoms with Gasteiger partial charge in [-0.3, -0.25) is 9.59 Å². The van der Waals surface area contributed by atoms with E-state index in [2.05, 4.69) is 5.32 Å². The van der Waals surface area contributed by atoms with Gasteiger partial charge in [-0.25, -0.2) is 0 Å². The summed E-state index contributed by atoms with van der Waals surface area (Å²) >= 11 is 0. The van der Waals surface area contributed by atoms with Gasteiger partial charge in [-0.2, -0.15) is 0 Å². The van der Waals surface area contributed by atoms with Crippen LogP contribution in [0.3, 0.4) is 0 Å². The number of hydrogen-bond acceptors (Lipinski definition) is 3. The van der Waals surface area contributed by atoms with Crippen molar-refractivity contribution < 1.29 is 19.1 Å². The summed E-state index contributed by atoms with van der Waals surface area (Å²) in [5, 5.41) is 11.9. The molecule has 0 aliphatic heterocycles. The van der Waals surface area contributed by atoms with Gasteiger partial charge in [-0.15, -0.1) is 0 Å². The largest absolute Gasteiger partial charge is 0.481 e. The number of amides is 1. The van der Waals surface area contributed by atoms with Gasteiger partial charge in [-0.1, -0.05) is 13.3 Å². The first-order valence-electron chi connectivity index (χ1n) is 6.23. The molecular weight excluding hydrogens is 234 g/mol. The highest BCUT2D eigenvalue weighted by molar-refractivity contribution is 5.95. The van der Waals surface area contributed by atoms with E-state index >= 15 is 0 Å². The SMILES string of the molecule is CCc1occc1C(=O)NC1CCCC1C(=O)O. The molecule has 5 heteroatoms. The fourth-order valence-corrected chi connectivity index (χ4v) is 2.49. The van der Waals surface area contributed by atoms with Crippen LogP contribution >= 0.6 is 0 Å². The first-order chi connectivity index (χ1) is 8.63. The lowest BCUT2D eigenvalue weighted by Gasteiger charge is -2.17. The number of rotatable bonds is 4. The Kier molecular flexibility index (Phi) is 3.69. The van der Waals surface area contributed by atoms with E-state index in [0.29, 0.717) is 24.2 Å². The highest BCUT2D eigenvalue weighted by Gasteiger charge is 2.34. The third-order valence-corrected chi connectivity index (χ3v) is 3.46. The Morgan fingerprint density at radius 3 is 2.94 bits per heavy atom. The minimum atomic E-state index is -0.833. The van der Waals surface area contributed by atoms with Crippen molar-refractivity contribution in [3.63, 3.8) is 0 Å². The second-order valence-corrected chi connectivity index (χ2v) is 4.57. The topological polar surface area (TPSA) is 79.5 Å². The van der Waals surface area contributed by atoms with Gasteiger partial charge in [0.05, 0.1) is 17.7 Å². The summed E-state index contributed by atoms with van der Waals surface area (Å²) in [5.74, 6) is -0.900. The molecule has 0 saturated heterocycles. The van der Waals surface area contributed by atoms with Crippen LogP contribution in [0.15, 0.2) is 16.7 Å². The molecule has 1 saturated carbocycles. The third-order valence-electron chi connectivity index (χ3n) is 3.46. The molecule has 1 heterocycles. The van der Waals surface area contributed by atoms with Gasteiger partial charge in [0.1, 0.15) is 5.76 Å². The van der Waals surface area contributed by atoms with Crippen molar-refractivity contribution in [1.29, 1.82) is 0 Å². The summed E-state index contributed by atoms with van der Waals surface area (Å²) < 4.78 is 5.20. The highest BCUT2D eigenvalue weighted by atomic mass is 16.4. The van der Waals surface area contributed by atoms with Crippen molar-refractivity contribution in [2.75, 3.05) is 0 Å². The molecule has 1 amide bonds. The molecule has 2 atom stereocenters. The molecule has 5 nitrogen and oxygen atoms in total. The van der Waals surface area contributed by atoms with Crippen molar-refractivity contribution in [3.8, 4) is 0 Å². The molecule has 1 aromatic heterocycles. The number of furan rings is 1. The van der Waals surface area contributed by atoms with E-state index in [9.17, 15) is 9.59 Å². The van der Waals surface area contributed by atoms with Crippen LogP contribution in [0.5, 0.6) is 0 Å². The third kappa shape index (κ3) is 2.39. The number of carboxylic acid groups (broad SMARTS) is 1. The van der Waals surface area contributed by atoms with Crippen molar-refractivity contribution in [1.82, 2.24) is 5.32 Å². The van der Waals surface area contributed by atoms with Crippen LogP contribution in [-0.2, 0) is 11.2 Å². The monoisotopic (exact) mass is 251 g/mol. The average molecular weight is 251 g/mol. The predicted octanol–water partition coefficient (Wildman–Crippen LogP) is 1.83. The van der Waals surface area contributed by atoms with E-state index in [1.807, 2.05) is 6.92 Å². The lowest BCUT2D eigenvalue weighted by Crippen LogP contribution is -2.40. The maximum Gasteiger partial charge on any atom is 0.308 e. The van der Waals surface area contributed by atoms with E-state index in [1.54, 1.807) is 6.07 Å². The smallest absolute Gasteiger partial charge is 0.308 e. The first-order valence-corrected chi connectivity index (χ1v) is 6.23. The fourth-order valence-electron chi connectivity index (χ4n) is 2.49. The summed E-state index contributed by atoms with van der Waals surface area (Å²) in [6.45, 7) is 1.91. The van der Waals surface area contributed by atoms with Crippen LogP contribution in [0, 0.1) is 5.92 Å². The number of aryl methyl sites for hydroxylation is 1. The van der Waals surface area contributed by atoms with Crippen LogP contribution < -0.4 is 5.32 Å². The van der Waals surface area contributed by atoms with Crippen LogP contribution in [0.25, 0.3) is 0 Å². The predicted molar refractivity (Wildman–Crippen MR) is 64.3 cm³/mol. The normalized spacial score (nSPS) is 22.9. The zero-order valence-electron chi connectivity index (χ0n) is 10.3. The Labute approximate surface area is 105 Å². The zero-order valence-corrected chi connectivity index (χ0v) is 10.3. The number of aliphatic carboxylic acids is 1. The van der Waals surface area contributed by atoms with E-state index in [-0.39, 0.29) is 11.9 Å². The molecule has 18 heavy (non-hydrogen) atoms. The molecule has 98 valence electrons. The van der Waals surface area contributed by atoms with Gasteiger partial charge in [0.25, 0.3) is 5.91 Å². The maximum absolute atomic E-state index is 12.0. The van der Waals surface area contributed by atoms with Gasteiger partial charge in [0.2, 0.25) is 0 Å². The van der Waals surface area contributed by atoms with Gasteiger partial charge in [0.15, 0.2) is 0 Å². The van der Waals surface area contributed by atoms with Crippen molar-refractivity contribution in [2.24, 2.45) is 5.92 Å². The number of carbonyl (C=O) groups excluding carboxylic acids is 1. The molecule has 1 aromatic rings. The second kappa shape index (κ2) is 5.25. The molecule has 1 aliphatic rings. The molecule has 0 radical (unpaired) electrons. The van der Waals surface area contributed by atoms with E-state index in [4.69, 9.17) is 9.52 Å². The molecule has 1 fully saturated rings. The van der Waals surface area contributed by atoms with E-state index < -0.39 is 11.9 Å². The van der Waals surface area contributed by atoms with E-state index in [1.165, 1.54) is 6.26 Å². The molecule has 1 aliphatic carbocycles. The minimum absolute atomic E-state index is 0.237. The quantitative estimate of drug-likeness (QED) is 0.855. The van der Waals surface area contributed by atoms with Gasteiger partial charge in [0, 0.05) is 12.5 Å². The highest BCUT2D eigenvalue weighted by Crippen LogP contribution is 2.26. The van der Waals surface area contributed by atoms with Crippen LogP contribution in [0.2, 0.25) is 0 Å². The Morgan fingerprint density at radius 1 is 1.50 bits per heavy atom. The fraction of sp³-hybridized carbons (Fsp3) is 0.538. The average Bonchev–Trinajstić information content (AvgIpc) is 2.96. The zero-order chi connectivity index (χ0) is 13.1. The Balaban J connectivity index is 2.05. The molecule has 2 unspecified atom stereocenters. The molecule has 0 bridgehead atoms. The van der Waals surface area contributed by atoms with E-state index in [0.717, 1.165) is 12.8 Å². The molecule has 0 aromatic carbocycles. The first kappa shape index (κ1) is 12.7. The summed E-state index contributed by atoms with van der Waals surface area (Å²) in [7, 11) is 0.